The third-order valence-corrected chi connectivity index (χ3v) is 4.08. The van der Waals surface area contributed by atoms with Gasteiger partial charge in [0.25, 0.3) is 0 Å². The van der Waals surface area contributed by atoms with E-state index in [9.17, 15) is 0 Å². The lowest BCUT2D eigenvalue weighted by molar-refractivity contribution is 0.575. The maximum absolute atomic E-state index is 4.69. The second-order valence-corrected chi connectivity index (χ2v) is 5.81. The van der Waals surface area contributed by atoms with Crippen LogP contribution in [-0.2, 0) is 13.0 Å². The Morgan fingerprint density at radius 2 is 2.04 bits per heavy atom. The van der Waals surface area contributed by atoms with E-state index in [0.29, 0.717) is 5.92 Å². The molecule has 0 aliphatic carbocycles. The van der Waals surface area contributed by atoms with E-state index in [1.165, 1.54) is 11.3 Å². The SMILES string of the molecule is CCC[C@@H](C)c1c(-c2ccccc2)ncn1CCc1nn[nH]n1. The highest BCUT2D eigenvalue weighted by molar-refractivity contribution is 5.62. The fourth-order valence-electron chi connectivity index (χ4n) is 2.98. The van der Waals surface area contributed by atoms with Crippen LogP contribution in [0.3, 0.4) is 0 Å². The molecule has 0 radical (unpaired) electrons. The number of benzene rings is 1. The minimum atomic E-state index is 0.461. The third-order valence-electron chi connectivity index (χ3n) is 4.08. The van der Waals surface area contributed by atoms with Crippen molar-refractivity contribution in [3.63, 3.8) is 0 Å². The summed E-state index contributed by atoms with van der Waals surface area (Å²) in [5.41, 5.74) is 3.55. The molecule has 0 unspecified atom stereocenters. The van der Waals surface area contributed by atoms with Gasteiger partial charge in [0.1, 0.15) is 0 Å². The van der Waals surface area contributed by atoms with Crippen molar-refractivity contribution in [3.05, 3.63) is 48.2 Å². The van der Waals surface area contributed by atoms with Gasteiger partial charge in [0.05, 0.1) is 12.0 Å². The molecule has 6 nitrogen and oxygen atoms in total. The van der Waals surface area contributed by atoms with Gasteiger partial charge in [-0.15, -0.1) is 10.2 Å². The number of hydrogen-bond acceptors (Lipinski definition) is 4. The number of hydrogen-bond donors (Lipinski definition) is 1. The van der Waals surface area contributed by atoms with Gasteiger partial charge in [0.15, 0.2) is 5.82 Å². The van der Waals surface area contributed by atoms with Crippen molar-refractivity contribution in [2.45, 2.75) is 45.6 Å². The molecule has 1 atom stereocenters. The third kappa shape index (κ3) is 3.47. The second-order valence-electron chi connectivity index (χ2n) is 5.81. The highest BCUT2D eigenvalue weighted by Gasteiger charge is 2.18. The van der Waals surface area contributed by atoms with Gasteiger partial charge < -0.3 is 4.57 Å². The van der Waals surface area contributed by atoms with Gasteiger partial charge in [-0.25, -0.2) is 4.98 Å². The smallest absolute Gasteiger partial charge is 0.176 e. The van der Waals surface area contributed by atoms with Crippen molar-refractivity contribution in [3.8, 4) is 11.3 Å². The fourth-order valence-corrected chi connectivity index (χ4v) is 2.98. The van der Waals surface area contributed by atoms with Crippen LogP contribution in [-0.4, -0.2) is 30.2 Å². The number of aryl methyl sites for hydroxylation is 2. The summed E-state index contributed by atoms with van der Waals surface area (Å²) in [5.74, 6) is 1.19. The molecule has 23 heavy (non-hydrogen) atoms. The summed E-state index contributed by atoms with van der Waals surface area (Å²) in [6.07, 6.45) is 4.98. The number of tetrazole rings is 1. The van der Waals surface area contributed by atoms with Gasteiger partial charge in [0.2, 0.25) is 0 Å². The van der Waals surface area contributed by atoms with Crippen molar-refractivity contribution < 1.29 is 0 Å². The Morgan fingerprint density at radius 1 is 1.22 bits per heavy atom. The van der Waals surface area contributed by atoms with E-state index < -0.39 is 0 Å². The van der Waals surface area contributed by atoms with E-state index in [-0.39, 0.29) is 0 Å². The Kier molecular flexibility index (Phi) is 4.80. The van der Waals surface area contributed by atoms with Crippen LogP contribution < -0.4 is 0 Å². The minimum absolute atomic E-state index is 0.461. The Balaban J connectivity index is 1.90. The molecule has 2 heterocycles. The average molecular weight is 310 g/mol. The lowest BCUT2D eigenvalue weighted by Gasteiger charge is -2.16. The number of nitrogens with one attached hydrogen (secondary N) is 1. The first-order chi connectivity index (χ1) is 11.3. The Hall–Kier alpha value is -2.50. The predicted molar refractivity (Wildman–Crippen MR) is 88.9 cm³/mol. The first kappa shape index (κ1) is 15.4. The van der Waals surface area contributed by atoms with Gasteiger partial charge in [-0.2, -0.15) is 5.21 Å². The maximum atomic E-state index is 4.69. The lowest BCUT2D eigenvalue weighted by Crippen LogP contribution is -2.09. The molecule has 0 bridgehead atoms. The first-order valence-electron chi connectivity index (χ1n) is 8.12. The molecular weight excluding hydrogens is 288 g/mol. The Bertz CT molecular complexity index is 717. The standard InChI is InChI=1S/C17H22N6/c1-3-7-13(2)17-16(14-8-5-4-6-9-14)18-12-23(17)11-10-15-19-21-22-20-15/h4-6,8-9,12-13H,3,7,10-11H2,1-2H3,(H,19,20,21,22)/t13-/m1/s1. The predicted octanol–water partition coefficient (Wildman–Crippen LogP) is 3.21. The van der Waals surface area contributed by atoms with Crippen LogP contribution in [0.4, 0.5) is 0 Å². The van der Waals surface area contributed by atoms with Crippen LogP contribution in [0.25, 0.3) is 11.3 Å². The van der Waals surface area contributed by atoms with E-state index in [4.69, 9.17) is 0 Å². The molecule has 0 saturated heterocycles. The largest absolute Gasteiger partial charge is 0.333 e. The molecule has 120 valence electrons. The number of nitrogens with zero attached hydrogens (tertiary/aromatic N) is 5. The van der Waals surface area contributed by atoms with Crippen molar-refractivity contribution in [1.82, 2.24) is 30.2 Å². The Labute approximate surface area is 136 Å². The highest BCUT2D eigenvalue weighted by atomic mass is 15.5. The highest BCUT2D eigenvalue weighted by Crippen LogP contribution is 2.30. The van der Waals surface area contributed by atoms with Crippen LogP contribution in [0.1, 0.15) is 44.1 Å². The zero-order valence-corrected chi connectivity index (χ0v) is 13.6. The van der Waals surface area contributed by atoms with Crippen molar-refractivity contribution in [2.75, 3.05) is 0 Å². The molecule has 0 amide bonds. The molecule has 0 fully saturated rings. The van der Waals surface area contributed by atoms with E-state index >= 15 is 0 Å². The molecule has 0 aliphatic heterocycles. The molecule has 2 aromatic heterocycles. The second kappa shape index (κ2) is 7.17. The summed E-state index contributed by atoms with van der Waals surface area (Å²) in [7, 11) is 0. The normalized spacial score (nSPS) is 12.4. The quantitative estimate of drug-likeness (QED) is 0.727. The molecule has 3 aromatic rings. The van der Waals surface area contributed by atoms with Crippen molar-refractivity contribution in [1.29, 1.82) is 0 Å². The zero-order chi connectivity index (χ0) is 16.1. The van der Waals surface area contributed by atoms with E-state index in [1.807, 2.05) is 12.4 Å². The lowest BCUT2D eigenvalue weighted by atomic mass is 9.97. The van der Waals surface area contributed by atoms with Gasteiger partial charge >= 0.3 is 0 Å². The van der Waals surface area contributed by atoms with E-state index in [2.05, 4.69) is 68.3 Å². The topological polar surface area (TPSA) is 72.3 Å². The molecule has 1 aromatic carbocycles. The summed E-state index contributed by atoms with van der Waals surface area (Å²) >= 11 is 0. The molecule has 3 rings (SSSR count). The molecule has 0 spiro atoms. The average Bonchev–Trinajstić information content (AvgIpc) is 3.23. The summed E-state index contributed by atoms with van der Waals surface area (Å²) in [5, 5.41) is 14.2. The molecular formula is C17H22N6. The first-order valence-corrected chi connectivity index (χ1v) is 8.12. The molecule has 0 aliphatic rings. The van der Waals surface area contributed by atoms with Gasteiger partial charge in [0, 0.05) is 24.2 Å². The Morgan fingerprint density at radius 3 is 2.74 bits per heavy atom. The molecule has 0 saturated carbocycles. The number of aromatic nitrogens is 6. The zero-order valence-electron chi connectivity index (χ0n) is 13.6. The van der Waals surface area contributed by atoms with Gasteiger partial charge in [-0.05, 0) is 12.3 Å². The van der Waals surface area contributed by atoms with Crippen LogP contribution >= 0.6 is 0 Å². The molecule has 1 N–H and O–H groups in total. The fraction of sp³-hybridized carbons (Fsp3) is 0.412. The summed E-state index contributed by atoms with van der Waals surface area (Å²) < 4.78 is 2.24. The molecule has 6 heteroatoms. The number of H-pyrrole nitrogens is 1. The maximum Gasteiger partial charge on any atom is 0.176 e. The number of imidazole rings is 1. The summed E-state index contributed by atoms with van der Waals surface area (Å²) in [6, 6.07) is 10.4. The van der Waals surface area contributed by atoms with Gasteiger partial charge in [-0.3, -0.25) is 0 Å². The van der Waals surface area contributed by atoms with Crippen LogP contribution in [0.15, 0.2) is 36.7 Å². The van der Waals surface area contributed by atoms with E-state index in [0.717, 1.165) is 37.3 Å². The van der Waals surface area contributed by atoms with Crippen LogP contribution in [0.2, 0.25) is 0 Å². The van der Waals surface area contributed by atoms with Crippen molar-refractivity contribution >= 4 is 0 Å². The number of rotatable bonds is 7. The summed E-state index contributed by atoms with van der Waals surface area (Å²) in [4.78, 5) is 4.69. The van der Waals surface area contributed by atoms with Crippen molar-refractivity contribution in [2.24, 2.45) is 0 Å². The van der Waals surface area contributed by atoms with Crippen LogP contribution in [0.5, 0.6) is 0 Å². The minimum Gasteiger partial charge on any atom is -0.333 e. The van der Waals surface area contributed by atoms with E-state index in [1.54, 1.807) is 0 Å². The summed E-state index contributed by atoms with van der Waals surface area (Å²) in [6.45, 7) is 5.30. The van der Waals surface area contributed by atoms with Gasteiger partial charge in [-0.1, -0.05) is 55.8 Å². The number of aromatic amines is 1. The monoisotopic (exact) mass is 310 g/mol. The van der Waals surface area contributed by atoms with Crippen LogP contribution in [0, 0.1) is 0 Å².